The van der Waals surface area contributed by atoms with Crippen LogP contribution in [0.2, 0.25) is 0 Å². The third kappa shape index (κ3) is 3.17. The Morgan fingerprint density at radius 3 is 2.87 bits per heavy atom. The number of rotatable bonds is 5. The fourth-order valence-corrected chi connectivity index (χ4v) is 1.32. The van der Waals surface area contributed by atoms with Crippen molar-refractivity contribution in [3.05, 3.63) is 23.8 Å². The van der Waals surface area contributed by atoms with Crippen molar-refractivity contribution in [3.63, 3.8) is 0 Å². The number of ether oxygens (including phenoxy) is 1. The van der Waals surface area contributed by atoms with Crippen molar-refractivity contribution in [1.29, 1.82) is 5.26 Å². The highest BCUT2D eigenvalue weighted by molar-refractivity contribution is 5.60. The van der Waals surface area contributed by atoms with E-state index in [-0.39, 0.29) is 0 Å². The average Bonchev–Trinajstić information content (AvgIpc) is 2.24. The summed E-state index contributed by atoms with van der Waals surface area (Å²) >= 11 is 0. The number of benzene rings is 1. The van der Waals surface area contributed by atoms with Crippen molar-refractivity contribution in [3.8, 4) is 11.8 Å². The van der Waals surface area contributed by atoms with E-state index in [1.54, 1.807) is 18.2 Å². The summed E-state index contributed by atoms with van der Waals surface area (Å²) in [5, 5.41) is 8.89. The first-order valence-corrected chi connectivity index (χ1v) is 5.21. The fraction of sp³-hybridized carbons (Fsp3) is 0.417. The highest BCUT2D eigenvalue weighted by atomic mass is 16.5. The number of nitrogens with two attached hydrogens (primary N) is 1. The summed E-state index contributed by atoms with van der Waals surface area (Å²) < 4.78 is 5.51. The normalized spacial score (nSPS) is 9.60. The van der Waals surface area contributed by atoms with Crippen LogP contribution in [0.25, 0.3) is 0 Å². The lowest BCUT2D eigenvalue weighted by Gasteiger charge is -2.08. The smallest absolute Gasteiger partial charge is 0.139 e. The maximum atomic E-state index is 8.89. The van der Waals surface area contributed by atoms with Gasteiger partial charge in [0.1, 0.15) is 17.4 Å². The Morgan fingerprint density at radius 1 is 1.40 bits per heavy atom. The van der Waals surface area contributed by atoms with Crippen molar-refractivity contribution in [1.82, 2.24) is 0 Å². The third-order valence-electron chi connectivity index (χ3n) is 2.18. The van der Waals surface area contributed by atoms with E-state index in [1.807, 2.05) is 0 Å². The molecule has 80 valence electrons. The van der Waals surface area contributed by atoms with Crippen LogP contribution in [-0.4, -0.2) is 6.61 Å². The van der Waals surface area contributed by atoms with Gasteiger partial charge >= 0.3 is 0 Å². The van der Waals surface area contributed by atoms with Crippen LogP contribution < -0.4 is 10.5 Å². The van der Waals surface area contributed by atoms with Crippen molar-refractivity contribution in [2.24, 2.45) is 0 Å². The fourth-order valence-electron chi connectivity index (χ4n) is 1.32. The van der Waals surface area contributed by atoms with E-state index in [1.165, 1.54) is 0 Å². The van der Waals surface area contributed by atoms with E-state index in [0.29, 0.717) is 23.6 Å². The van der Waals surface area contributed by atoms with Crippen LogP contribution in [0, 0.1) is 11.3 Å². The maximum absolute atomic E-state index is 8.89. The van der Waals surface area contributed by atoms with Crippen LogP contribution in [-0.2, 0) is 0 Å². The quantitative estimate of drug-likeness (QED) is 0.592. The number of unbranched alkanes of at least 4 members (excludes halogenated alkanes) is 2. The standard InChI is InChI=1S/C12H16N2O/c1-2-3-4-8-15-12-7-5-6-11(14)10(12)9-13/h5-7H,2-4,8,14H2,1H3. The van der Waals surface area contributed by atoms with Crippen LogP contribution in [0.3, 0.4) is 0 Å². The van der Waals surface area contributed by atoms with Gasteiger partial charge in [-0.25, -0.2) is 0 Å². The van der Waals surface area contributed by atoms with Gasteiger partial charge in [0.15, 0.2) is 0 Å². The largest absolute Gasteiger partial charge is 0.492 e. The summed E-state index contributed by atoms with van der Waals surface area (Å²) in [6, 6.07) is 7.34. The molecule has 0 bridgehead atoms. The molecule has 0 aliphatic rings. The molecule has 0 spiro atoms. The Kier molecular flexibility index (Phi) is 4.49. The maximum Gasteiger partial charge on any atom is 0.139 e. The van der Waals surface area contributed by atoms with E-state index in [0.717, 1.165) is 19.3 Å². The average molecular weight is 204 g/mol. The zero-order valence-electron chi connectivity index (χ0n) is 8.99. The summed E-state index contributed by atoms with van der Waals surface area (Å²) in [5.74, 6) is 0.591. The van der Waals surface area contributed by atoms with E-state index < -0.39 is 0 Å². The predicted octanol–water partition coefficient (Wildman–Crippen LogP) is 2.71. The Bertz CT molecular complexity index is 355. The molecule has 0 amide bonds. The molecule has 1 aromatic rings. The number of hydrogen-bond donors (Lipinski definition) is 1. The number of anilines is 1. The molecule has 0 saturated heterocycles. The van der Waals surface area contributed by atoms with Gasteiger partial charge in [0.05, 0.1) is 12.3 Å². The monoisotopic (exact) mass is 204 g/mol. The van der Waals surface area contributed by atoms with Gasteiger partial charge in [0.2, 0.25) is 0 Å². The van der Waals surface area contributed by atoms with Crippen molar-refractivity contribution >= 4 is 5.69 Å². The van der Waals surface area contributed by atoms with Crippen LogP contribution in [0.15, 0.2) is 18.2 Å². The molecular weight excluding hydrogens is 188 g/mol. The first-order valence-electron chi connectivity index (χ1n) is 5.21. The van der Waals surface area contributed by atoms with Crippen molar-refractivity contribution in [2.75, 3.05) is 12.3 Å². The summed E-state index contributed by atoms with van der Waals surface area (Å²) in [6.07, 6.45) is 3.31. The summed E-state index contributed by atoms with van der Waals surface area (Å²) in [6.45, 7) is 2.78. The molecule has 0 heterocycles. The van der Waals surface area contributed by atoms with Gasteiger partial charge in [-0.1, -0.05) is 25.8 Å². The van der Waals surface area contributed by atoms with Crippen molar-refractivity contribution in [2.45, 2.75) is 26.2 Å². The van der Waals surface area contributed by atoms with E-state index >= 15 is 0 Å². The molecule has 0 unspecified atom stereocenters. The Balaban J connectivity index is 2.61. The molecule has 15 heavy (non-hydrogen) atoms. The van der Waals surface area contributed by atoms with E-state index in [2.05, 4.69) is 13.0 Å². The Labute approximate surface area is 90.5 Å². The second-order valence-corrected chi connectivity index (χ2v) is 3.39. The Hall–Kier alpha value is -1.69. The molecule has 0 aliphatic carbocycles. The molecule has 3 nitrogen and oxygen atoms in total. The predicted molar refractivity (Wildman–Crippen MR) is 60.6 cm³/mol. The minimum Gasteiger partial charge on any atom is -0.492 e. The van der Waals surface area contributed by atoms with Crippen LogP contribution in [0.5, 0.6) is 5.75 Å². The number of nitrogen functional groups attached to an aromatic ring is 1. The zero-order valence-corrected chi connectivity index (χ0v) is 8.99. The Morgan fingerprint density at radius 2 is 2.20 bits per heavy atom. The summed E-state index contributed by atoms with van der Waals surface area (Å²) in [4.78, 5) is 0. The van der Waals surface area contributed by atoms with Crippen LogP contribution in [0.4, 0.5) is 5.69 Å². The highest BCUT2D eigenvalue weighted by Gasteiger charge is 2.05. The molecule has 0 aromatic heterocycles. The minimum atomic E-state index is 0.439. The first-order chi connectivity index (χ1) is 7.29. The van der Waals surface area contributed by atoms with Crippen molar-refractivity contribution < 1.29 is 4.74 Å². The molecule has 0 fully saturated rings. The molecule has 0 aliphatic heterocycles. The number of hydrogen-bond acceptors (Lipinski definition) is 3. The molecule has 0 radical (unpaired) electrons. The first kappa shape index (κ1) is 11.4. The highest BCUT2D eigenvalue weighted by Crippen LogP contribution is 2.23. The lowest BCUT2D eigenvalue weighted by molar-refractivity contribution is 0.305. The minimum absolute atomic E-state index is 0.439. The molecule has 1 aromatic carbocycles. The lowest BCUT2D eigenvalue weighted by Crippen LogP contribution is -2.00. The number of nitriles is 1. The zero-order chi connectivity index (χ0) is 11.1. The van der Waals surface area contributed by atoms with Gasteiger partial charge in [0.25, 0.3) is 0 Å². The SMILES string of the molecule is CCCCCOc1cccc(N)c1C#N. The van der Waals surface area contributed by atoms with Crippen LogP contribution in [0.1, 0.15) is 31.7 Å². The van der Waals surface area contributed by atoms with Gasteiger partial charge < -0.3 is 10.5 Å². The summed E-state index contributed by atoms with van der Waals surface area (Å²) in [7, 11) is 0. The van der Waals surface area contributed by atoms with Gasteiger partial charge in [-0.3, -0.25) is 0 Å². The molecule has 1 rings (SSSR count). The second-order valence-electron chi connectivity index (χ2n) is 3.39. The van der Waals surface area contributed by atoms with Gasteiger partial charge in [0, 0.05) is 0 Å². The van der Waals surface area contributed by atoms with Gasteiger partial charge in [-0.15, -0.1) is 0 Å². The van der Waals surface area contributed by atoms with Crippen LogP contribution >= 0.6 is 0 Å². The topological polar surface area (TPSA) is 59.0 Å². The molecule has 0 saturated carbocycles. The lowest BCUT2D eigenvalue weighted by atomic mass is 10.2. The van der Waals surface area contributed by atoms with E-state index in [4.69, 9.17) is 15.7 Å². The second kappa shape index (κ2) is 5.92. The van der Waals surface area contributed by atoms with E-state index in [9.17, 15) is 0 Å². The summed E-state index contributed by atoms with van der Waals surface area (Å²) in [5.41, 5.74) is 6.58. The van der Waals surface area contributed by atoms with Gasteiger partial charge in [-0.2, -0.15) is 5.26 Å². The molecular formula is C12H16N2O. The third-order valence-corrected chi connectivity index (χ3v) is 2.18. The number of nitrogens with zero attached hydrogens (tertiary/aromatic N) is 1. The molecule has 2 N–H and O–H groups in total. The van der Waals surface area contributed by atoms with Gasteiger partial charge in [-0.05, 0) is 18.6 Å². The molecule has 3 heteroatoms. The molecule has 0 atom stereocenters.